The zero-order chi connectivity index (χ0) is 22.7. The van der Waals surface area contributed by atoms with E-state index in [0.717, 1.165) is 22.6 Å². The lowest BCUT2D eigenvalue weighted by Gasteiger charge is -2.19. The van der Waals surface area contributed by atoms with E-state index in [9.17, 15) is 13.2 Å². The molecular formula is C23H22ClN3O3S2. The van der Waals surface area contributed by atoms with Crippen LogP contribution in [0.25, 0.3) is 10.2 Å². The molecule has 3 aromatic carbocycles. The molecule has 6 nitrogen and oxygen atoms in total. The largest absolute Gasteiger partial charge is 0.373 e. The Labute approximate surface area is 195 Å². The van der Waals surface area contributed by atoms with Crippen molar-refractivity contribution in [3.8, 4) is 0 Å². The van der Waals surface area contributed by atoms with Crippen LogP contribution in [0.3, 0.4) is 0 Å². The van der Waals surface area contributed by atoms with Crippen molar-refractivity contribution in [2.45, 2.75) is 11.4 Å². The second-order valence-corrected chi connectivity index (χ2v) is 10.6. The first kappa shape index (κ1) is 22.5. The molecular weight excluding hydrogens is 466 g/mol. The van der Waals surface area contributed by atoms with Crippen molar-refractivity contribution in [2.24, 2.45) is 0 Å². The van der Waals surface area contributed by atoms with Gasteiger partial charge in [0, 0.05) is 30.8 Å². The molecule has 0 aliphatic carbocycles. The number of hydrogen-bond acceptors (Lipinski definition) is 5. The molecule has 0 aliphatic rings. The number of fused-ring (bicyclic) bond motifs is 1. The third-order valence-electron chi connectivity index (χ3n) is 5.14. The van der Waals surface area contributed by atoms with Crippen LogP contribution in [-0.4, -0.2) is 33.1 Å². The van der Waals surface area contributed by atoms with Gasteiger partial charge in [0.05, 0.1) is 21.7 Å². The Balaban J connectivity index is 1.49. The number of halogens is 1. The molecule has 4 rings (SSSR count). The molecule has 9 heteroatoms. The Morgan fingerprint density at radius 2 is 1.75 bits per heavy atom. The molecule has 0 atom stereocenters. The summed E-state index contributed by atoms with van der Waals surface area (Å²) in [5.41, 5.74) is 2.66. The highest BCUT2D eigenvalue weighted by atomic mass is 35.5. The first-order valence-corrected chi connectivity index (χ1v) is 12.6. The highest BCUT2D eigenvalue weighted by Gasteiger charge is 2.17. The number of para-hydroxylation sites is 1. The minimum Gasteiger partial charge on any atom is -0.373 e. The quantitative estimate of drug-likeness (QED) is 0.404. The molecule has 0 aliphatic heterocycles. The van der Waals surface area contributed by atoms with E-state index in [0.29, 0.717) is 28.3 Å². The van der Waals surface area contributed by atoms with Gasteiger partial charge >= 0.3 is 4.87 Å². The third-order valence-corrected chi connectivity index (χ3v) is 7.79. The van der Waals surface area contributed by atoms with E-state index >= 15 is 0 Å². The van der Waals surface area contributed by atoms with Crippen LogP contribution in [0, 0.1) is 0 Å². The Kier molecular flexibility index (Phi) is 6.66. The monoisotopic (exact) mass is 487 g/mol. The number of likely N-dealkylation sites (N-methyl/N-ethyl adjacent to an activating group) is 1. The zero-order valence-electron chi connectivity index (χ0n) is 17.4. The summed E-state index contributed by atoms with van der Waals surface area (Å²) in [6.45, 7) is 1.18. The first-order valence-electron chi connectivity index (χ1n) is 9.97. The lowest BCUT2D eigenvalue weighted by Crippen LogP contribution is -2.33. The maximum Gasteiger partial charge on any atom is 0.308 e. The number of anilines is 1. The SMILES string of the molecule is CN(CCNS(=O)(=O)c1ccc2c(c1)sc(=O)n2Cc1ccc(Cl)cc1)c1ccccc1. The molecule has 0 spiro atoms. The van der Waals surface area contributed by atoms with E-state index in [4.69, 9.17) is 11.6 Å². The summed E-state index contributed by atoms with van der Waals surface area (Å²) in [5, 5.41) is 0.633. The molecule has 1 N–H and O–H groups in total. The predicted molar refractivity (Wildman–Crippen MR) is 132 cm³/mol. The van der Waals surface area contributed by atoms with Gasteiger partial charge in [-0.1, -0.05) is 53.3 Å². The van der Waals surface area contributed by atoms with Crippen molar-refractivity contribution in [3.05, 3.63) is 93.0 Å². The number of thiazole rings is 1. The summed E-state index contributed by atoms with van der Waals surface area (Å²) in [5.74, 6) is 0. The van der Waals surface area contributed by atoms with Crippen LogP contribution in [0.2, 0.25) is 5.02 Å². The van der Waals surface area contributed by atoms with Gasteiger partial charge in [0.25, 0.3) is 0 Å². The predicted octanol–water partition coefficient (Wildman–Crippen LogP) is 4.18. The fourth-order valence-electron chi connectivity index (χ4n) is 3.38. The average Bonchev–Trinajstić information content (AvgIpc) is 3.10. The van der Waals surface area contributed by atoms with Gasteiger partial charge in [0.1, 0.15) is 0 Å². The lowest BCUT2D eigenvalue weighted by atomic mass is 10.2. The maximum absolute atomic E-state index is 12.8. The zero-order valence-corrected chi connectivity index (χ0v) is 19.8. The standard InChI is InChI=1S/C23H22ClN3O3S2/c1-26(19-5-3-2-4-6-19)14-13-25-32(29,30)20-11-12-21-22(15-20)31-23(28)27(21)16-17-7-9-18(24)10-8-17/h2-12,15,25H,13-14,16H2,1H3. The summed E-state index contributed by atoms with van der Waals surface area (Å²) in [6.07, 6.45) is 0. The van der Waals surface area contributed by atoms with E-state index in [1.165, 1.54) is 6.07 Å². The van der Waals surface area contributed by atoms with Gasteiger partial charge in [-0.05, 0) is 48.0 Å². The van der Waals surface area contributed by atoms with Crippen molar-refractivity contribution in [1.29, 1.82) is 0 Å². The van der Waals surface area contributed by atoms with Gasteiger partial charge in [-0.2, -0.15) is 0 Å². The van der Waals surface area contributed by atoms with Gasteiger partial charge < -0.3 is 4.90 Å². The molecule has 4 aromatic rings. The highest BCUT2D eigenvalue weighted by molar-refractivity contribution is 7.89. The van der Waals surface area contributed by atoms with Gasteiger partial charge in [-0.15, -0.1) is 0 Å². The van der Waals surface area contributed by atoms with Crippen LogP contribution in [-0.2, 0) is 16.6 Å². The van der Waals surface area contributed by atoms with Crippen molar-refractivity contribution in [2.75, 3.05) is 25.0 Å². The topological polar surface area (TPSA) is 71.4 Å². The molecule has 1 heterocycles. The number of aromatic nitrogens is 1. The van der Waals surface area contributed by atoms with E-state index in [2.05, 4.69) is 4.72 Å². The normalized spacial score (nSPS) is 11.7. The van der Waals surface area contributed by atoms with Crippen LogP contribution in [0.4, 0.5) is 5.69 Å². The summed E-state index contributed by atoms with van der Waals surface area (Å²) in [6, 6.07) is 21.8. The number of hydrogen-bond donors (Lipinski definition) is 1. The van der Waals surface area contributed by atoms with E-state index in [-0.39, 0.29) is 16.3 Å². The molecule has 0 saturated carbocycles. The van der Waals surface area contributed by atoms with Gasteiger partial charge in [-0.25, -0.2) is 13.1 Å². The smallest absolute Gasteiger partial charge is 0.308 e. The van der Waals surface area contributed by atoms with E-state index < -0.39 is 10.0 Å². The fourth-order valence-corrected chi connectivity index (χ4v) is 5.56. The van der Waals surface area contributed by atoms with E-state index in [1.807, 2.05) is 54.4 Å². The second kappa shape index (κ2) is 9.46. The molecule has 0 unspecified atom stereocenters. The van der Waals surface area contributed by atoms with Crippen molar-refractivity contribution < 1.29 is 8.42 Å². The van der Waals surface area contributed by atoms with Crippen LogP contribution in [0.15, 0.2) is 82.5 Å². The second-order valence-electron chi connectivity index (χ2n) is 7.36. The Hall–Kier alpha value is -2.65. The van der Waals surface area contributed by atoms with Gasteiger partial charge in [0.15, 0.2) is 0 Å². The van der Waals surface area contributed by atoms with E-state index in [1.54, 1.807) is 28.8 Å². The molecule has 0 bridgehead atoms. The van der Waals surface area contributed by atoms with Gasteiger partial charge in [-0.3, -0.25) is 9.36 Å². The molecule has 0 fully saturated rings. The molecule has 32 heavy (non-hydrogen) atoms. The molecule has 0 saturated heterocycles. The maximum atomic E-state index is 12.8. The highest BCUT2D eigenvalue weighted by Crippen LogP contribution is 2.23. The minimum absolute atomic E-state index is 0.137. The Morgan fingerprint density at radius 1 is 1.03 bits per heavy atom. The van der Waals surface area contributed by atoms with Gasteiger partial charge in [0.2, 0.25) is 10.0 Å². The molecule has 0 amide bonds. The Bertz CT molecular complexity index is 1380. The number of benzene rings is 3. The minimum atomic E-state index is -3.69. The Morgan fingerprint density at radius 3 is 2.47 bits per heavy atom. The van der Waals surface area contributed by atoms with Crippen molar-refractivity contribution in [1.82, 2.24) is 9.29 Å². The molecule has 1 aromatic heterocycles. The van der Waals surface area contributed by atoms with Crippen molar-refractivity contribution in [3.63, 3.8) is 0 Å². The molecule has 0 radical (unpaired) electrons. The average molecular weight is 488 g/mol. The van der Waals surface area contributed by atoms with Crippen LogP contribution in [0.1, 0.15) is 5.56 Å². The van der Waals surface area contributed by atoms with Crippen molar-refractivity contribution >= 4 is 48.9 Å². The van der Waals surface area contributed by atoms with Crippen LogP contribution >= 0.6 is 22.9 Å². The third kappa shape index (κ3) is 5.05. The number of sulfonamides is 1. The summed E-state index contributed by atoms with van der Waals surface area (Å²) < 4.78 is 30.5. The number of nitrogens with one attached hydrogen (secondary N) is 1. The number of rotatable bonds is 8. The fraction of sp³-hybridized carbons (Fsp3) is 0.174. The van der Waals surface area contributed by atoms with Crippen LogP contribution in [0.5, 0.6) is 0 Å². The first-order chi connectivity index (χ1) is 15.3. The molecule has 166 valence electrons. The summed E-state index contributed by atoms with van der Waals surface area (Å²) in [7, 11) is -1.78. The summed E-state index contributed by atoms with van der Waals surface area (Å²) >= 11 is 6.97. The number of nitrogens with zero attached hydrogens (tertiary/aromatic N) is 2. The summed E-state index contributed by atoms with van der Waals surface area (Å²) in [4.78, 5) is 14.5. The lowest BCUT2D eigenvalue weighted by molar-refractivity contribution is 0.581. The van der Waals surface area contributed by atoms with Crippen LogP contribution < -0.4 is 14.5 Å².